The molecule has 0 bridgehead atoms. The number of benzene rings is 2. The number of nitrogens with one attached hydrogen (secondary N) is 2. The van der Waals surface area contributed by atoms with E-state index in [4.69, 9.17) is 5.73 Å². The topological polar surface area (TPSA) is 79.6 Å². The van der Waals surface area contributed by atoms with Crippen LogP contribution < -0.4 is 11.1 Å². The van der Waals surface area contributed by atoms with Gasteiger partial charge in [-0.3, -0.25) is 0 Å². The summed E-state index contributed by atoms with van der Waals surface area (Å²) < 4.78 is 0. The Bertz CT molecular complexity index is 986. The molecule has 6 heteroatoms. The average Bonchev–Trinajstić information content (AvgIpc) is 3.28. The normalized spacial score (nSPS) is 12.4. The number of rotatable bonds is 5. The Morgan fingerprint density at radius 1 is 1.20 bits per heavy atom. The summed E-state index contributed by atoms with van der Waals surface area (Å²) in [5.74, 6) is 0. The summed E-state index contributed by atoms with van der Waals surface area (Å²) in [6.45, 7) is 2.52. The van der Waals surface area contributed by atoms with Gasteiger partial charge in [0.2, 0.25) is 0 Å². The number of hydrogen-bond acceptors (Lipinski definition) is 5. The Morgan fingerprint density at radius 3 is 2.76 bits per heavy atom. The van der Waals surface area contributed by atoms with Gasteiger partial charge in [0.05, 0.1) is 23.4 Å². The van der Waals surface area contributed by atoms with E-state index in [1.807, 2.05) is 19.1 Å². The van der Waals surface area contributed by atoms with Crippen LogP contribution in [0.25, 0.3) is 21.6 Å². The Morgan fingerprint density at radius 2 is 2.04 bits per heavy atom. The van der Waals surface area contributed by atoms with Crippen LogP contribution in [0.4, 0.5) is 5.69 Å². The summed E-state index contributed by atoms with van der Waals surface area (Å²) in [6.07, 6.45) is 1.70. The highest BCUT2D eigenvalue weighted by Gasteiger charge is 2.11. The molecule has 0 fully saturated rings. The minimum absolute atomic E-state index is 0.0486. The van der Waals surface area contributed by atoms with E-state index < -0.39 is 0 Å². The number of fused-ring (bicyclic) bond motifs is 1. The zero-order chi connectivity index (χ0) is 17.2. The van der Waals surface area contributed by atoms with Gasteiger partial charge in [-0.15, -0.1) is 11.3 Å². The molecule has 1 unspecified atom stereocenters. The second kappa shape index (κ2) is 6.66. The molecule has 4 aromatic rings. The Balaban J connectivity index is 1.55. The number of aromatic nitrogens is 3. The van der Waals surface area contributed by atoms with Crippen molar-refractivity contribution in [3.63, 3.8) is 0 Å². The third-order valence-electron chi connectivity index (χ3n) is 4.18. The maximum absolute atomic E-state index is 6.00. The highest BCUT2D eigenvalue weighted by molar-refractivity contribution is 7.13. The van der Waals surface area contributed by atoms with Crippen LogP contribution >= 0.6 is 11.3 Å². The molecular formula is C19H19N5S. The molecule has 0 aliphatic heterocycles. The van der Waals surface area contributed by atoms with Gasteiger partial charge in [-0.2, -0.15) is 0 Å². The van der Waals surface area contributed by atoms with Crippen LogP contribution in [0, 0.1) is 6.92 Å². The molecule has 0 spiro atoms. The number of nitrogens with zero attached hydrogens (tertiary/aromatic N) is 2. The van der Waals surface area contributed by atoms with Gasteiger partial charge in [0.15, 0.2) is 0 Å². The van der Waals surface area contributed by atoms with Crippen molar-refractivity contribution in [2.75, 3.05) is 11.9 Å². The highest BCUT2D eigenvalue weighted by atomic mass is 32.1. The molecular weight excluding hydrogens is 330 g/mol. The van der Waals surface area contributed by atoms with Crippen LogP contribution in [-0.2, 0) is 0 Å². The molecule has 126 valence electrons. The van der Waals surface area contributed by atoms with E-state index in [2.05, 4.69) is 56.0 Å². The lowest BCUT2D eigenvalue weighted by Crippen LogP contribution is -2.20. The number of anilines is 1. The first kappa shape index (κ1) is 15.8. The molecule has 0 aliphatic rings. The quantitative estimate of drug-likeness (QED) is 0.507. The van der Waals surface area contributed by atoms with Gasteiger partial charge in [-0.1, -0.05) is 24.3 Å². The minimum atomic E-state index is 0.0486. The largest absolute Gasteiger partial charge is 0.377 e. The SMILES string of the molecule is Cc1csc(-c2ccc(C(CN)Nc3ccc4nc[nH]c4c3)cc2)n1. The second-order valence-electron chi connectivity index (χ2n) is 5.98. The van der Waals surface area contributed by atoms with E-state index in [9.17, 15) is 0 Å². The lowest BCUT2D eigenvalue weighted by atomic mass is 10.0. The first-order valence-electron chi connectivity index (χ1n) is 8.15. The van der Waals surface area contributed by atoms with Gasteiger partial charge < -0.3 is 16.0 Å². The standard InChI is InChI=1S/C19H19N5S/c1-12-10-25-19(23-12)14-4-2-13(3-5-14)18(9-20)24-15-6-7-16-17(8-15)22-11-21-16/h2-8,10-11,18,24H,9,20H2,1H3,(H,21,22). The molecule has 0 radical (unpaired) electrons. The predicted octanol–water partition coefficient (Wildman–Crippen LogP) is 4.11. The fourth-order valence-corrected chi connectivity index (χ4v) is 3.65. The van der Waals surface area contributed by atoms with Crippen molar-refractivity contribution in [1.82, 2.24) is 15.0 Å². The monoisotopic (exact) mass is 349 g/mol. The van der Waals surface area contributed by atoms with Crippen molar-refractivity contribution >= 4 is 28.1 Å². The molecule has 2 aromatic carbocycles. The molecule has 0 saturated carbocycles. The number of aryl methyl sites for hydroxylation is 1. The summed E-state index contributed by atoms with van der Waals surface area (Å²) >= 11 is 1.67. The van der Waals surface area contributed by atoms with E-state index in [1.54, 1.807) is 17.7 Å². The maximum Gasteiger partial charge on any atom is 0.123 e. The van der Waals surface area contributed by atoms with E-state index in [0.717, 1.165) is 38.5 Å². The maximum atomic E-state index is 6.00. The van der Waals surface area contributed by atoms with Crippen LogP contribution in [0.3, 0.4) is 0 Å². The number of imidazole rings is 1. The van der Waals surface area contributed by atoms with Crippen LogP contribution in [0.15, 0.2) is 54.2 Å². The van der Waals surface area contributed by atoms with Crippen LogP contribution in [-0.4, -0.2) is 21.5 Å². The molecule has 5 nitrogen and oxygen atoms in total. The summed E-state index contributed by atoms with van der Waals surface area (Å²) in [7, 11) is 0. The molecule has 2 aromatic heterocycles. The highest BCUT2D eigenvalue weighted by Crippen LogP contribution is 2.26. The summed E-state index contributed by atoms with van der Waals surface area (Å²) in [5.41, 5.74) is 12.3. The fraction of sp³-hybridized carbons (Fsp3) is 0.158. The first-order chi connectivity index (χ1) is 12.2. The number of thiazole rings is 1. The van der Waals surface area contributed by atoms with Gasteiger partial charge in [0, 0.05) is 28.9 Å². The van der Waals surface area contributed by atoms with Gasteiger partial charge in [0.1, 0.15) is 5.01 Å². The summed E-state index contributed by atoms with van der Waals surface area (Å²) in [4.78, 5) is 11.9. The molecule has 2 heterocycles. The first-order valence-corrected chi connectivity index (χ1v) is 9.03. The zero-order valence-corrected chi connectivity index (χ0v) is 14.7. The van der Waals surface area contributed by atoms with Gasteiger partial charge >= 0.3 is 0 Å². The Hall–Kier alpha value is -2.70. The lowest BCUT2D eigenvalue weighted by Gasteiger charge is -2.19. The van der Waals surface area contributed by atoms with Gasteiger partial charge in [0.25, 0.3) is 0 Å². The minimum Gasteiger partial charge on any atom is -0.377 e. The van der Waals surface area contributed by atoms with Crippen molar-refractivity contribution < 1.29 is 0 Å². The number of nitrogens with two attached hydrogens (primary N) is 1. The van der Waals surface area contributed by atoms with Crippen molar-refractivity contribution in [3.8, 4) is 10.6 Å². The average molecular weight is 349 g/mol. The van der Waals surface area contributed by atoms with E-state index >= 15 is 0 Å². The molecule has 4 rings (SSSR count). The van der Waals surface area contributed by atoms with Gasteiger partial charge in [-0.25, -0.2) is 9.97 Å². The molecule has 4 N–H and O–H groups in total. The molecule has 0 aliphatic carbocycles. The van der Waals surface area contributed by atoms with Crippen molar-refractivity contribution in [3.05, 3.63) is 65.4 Å². The smallest absolute Gasteiger partial charge is 0.123 e. The van der Waals surface area contributed by atoms with Crippen LogP contribution in [0.1, 0.15) is 17.3 Å². The molecule has 25 heavy (non-hydrogen) atoms. The molecule has 1 atom stereocenters. The van der Waals surface area contributed by atoms with Crippen LogP contribution in [0.2, 0.25) is 0 Å². The third-order valence-corrected chi connectivity index (χ3v) is 5.19. The summed E-state index contributed by atoms with van der Waals surface area (Å²) in [5, 5.41) is 6.62. The second-order valence-corrected chi connectivity index (χ2v) is 6.84. The van der Waals surface area contributed by atoms with E-state index in [-0.39, 0.29) is 6.04 Å². The van der Waals surface area contributed by atoms with Crippen LogP contribution in [0.5, 0.6) is 0 Å². The third kappa shape index (κ3) is 3.26. The number of hydrogen-bond donors (Lipinski definition) is 3. The van der Waals surface area contributed by atoms with Crippen molar-refractivity contribution in [1.29, 1.82) is 0 Å². The lowest BCUT2D eigenvalue weighted by molar-refractivity contribution is 0.790. The Kier molecular flexibility index (Phi) is 4.21. The van der Waals surface area contributed by atoms with Crippen molar-refractivity contribution in [2.45, 2.75) is 13.0 Å². The predicted molar refractivity (Wildman–Crippen MR) is 104 cm³/mol. The fourth-order valence-electron chi connectivity index (χ4n) is 2.85. The Labute approximate surface area is 150 Å². The molecule has 0 amide bonds. The van der Waals surface area contributed by atoms with E-state index in [1.165, 1.54) is 0 Å². The number of H-pyrrole nitrogens is 1. The summed E-state index contributed by atoms with van der Waals surface area (Å²) in [6, 6.07) is 14.6. The molecule has 0 saturated heterocycles. The number of aromatic amines is 1. The van der Waals surface area contributed by atoms with Crippen molar-refractivity contribution in [2.24, 2.45) is 5.73 Å². The van der Waals surface area contributed by atoms with E-state index in [0.29, 0.717) is 6.54 Å². The van der Waals surface area contributed by atoms with Gasteiger partial charge in [-0.05, 0) is 30.7 Å². The zero-order valence-electron chi connectivity index (χ0n) is 13.9.